The molecule has 18 rings (SSSR count). The van der Waals surface area contributed by atoms with Gasteiger partial charge in [-0.1, -0.05) is 325 Å². The van der Waals surface area contributed by atoms with Crippen LogP contribution in [0.5, 0.6) is 0 Å². The normalized spacial score (nSPS) is 15.5. The molecule has 4 aliphatic carbocycles. The van der Waals surface area contributed by atoms with E-state index in [1.807, 2.05) is 36.4 Å². The van der Waals surface area contributed by atoms with E-state index in [4.69, 9.17) is 28.9 Å². The summed E-state index contributed by atoms with van der Waals surface area (Å²) in [5.41, 5.74) is 44.4. The average molecular weight is 1560 g/mol. The Morgan fingerprint density at radius 2 is 0.474 bits per heavy atom. The van der Waals surface area contributed by atoms with Crippen molar-refractivity contribution >= 4 is 51.6 Å². The van der Waals surface area contributed by atoms with Gasteiger partial charge in [-0.15, -0.1) is 0 Å². The van der Waals surface area contributed by atoms with Gasteiger partial charge in [0.2, 0.25) is 0 Å². The van der Waals surface area contributed by atoms with Gasteiger partial charge in [0.1, 0.15) is 0 Å². The van der Waals surface area contributed by atoms with Crippen LogP contribution in [0.25, 0.3) is 77.9 Å². The standard InChI is InChI=1S/C63H62N2.C33H30Cl2.C15H17N/c1-7-11-43-17-21-45(22-18-43)47-25-31-53(32-26-47)64-55-15-9-13-49(37-55)51-29-35-57-59(39-51)63(41-61(57,3)4)42-62(5,6)58-36-30-52(40-60(58)63)50-14-10-16-56(38-50)65-54-33-27-48(28-34-54)46-23-19-44(12-8-2)20-24-46;1-31(2)19-33(29-17-23(11-13-27(29)31)21-7-5-9-25(34)15-21)20-32(3,4)28-14-12-24(18-30(28)33)22-8-6-10-26(35)16-22;1-2-3-12-4-6-13(7-5-12)14-8-10-15(16)11-9-14/h9-10,13-40,64-65H,7-8,11-12,41-42H2,1-6H3;5-18H,19-20H2,1-4H3;4-11H,2-3,16H2,1H3. The van der Waals surface area contributed by atoms with Crippen molar-refractivity contribution in [1.29, 1.82) is 0 Å². The summed E-state index contributed by atoms with van der Waals surface area (Å²) in [7, 11) is 0. The SMILES string of the molecule is CC1(C)CC2(CC(C)(C)c3ccc(-c4cccc(Cl)c4)cc32)c2cc(-c3cccc(Cl)c3)ccc21.CCCc1ccc(-c2ccc(N)cc2)cc1.CCCc1ccc(-c2ccc(Nc3cccc(-c4ccc5c(c4)C4(CC5(C)C)CC(C)(C)c5ccc(-c6cccc(Nc7ccc(-c8ccc(CCC)cc8)cc7)c6)cc54)c3)cc2)cc1. The minimum absolute atomic E-state index is 0.0131. The number of hydrogen-bond acceptors (Lipinski definition) is 3. The van der Waals surface area contributed by atoms with Crippen molar-refractivity contribution in [2.24, 2.45) is 0 Å². The van der Waals surface area contributed by atoms with Gasteiger partial charge in [-0.2, -0.15) is 0 Å². The van der Waals surface area contributed by atoms with E-state index in [0.717, 1.165) is 83.4 Å². The number of benzene rings is 14. The van der Waals surface area contributed by atoms with E-state index < -0.39 is 0 Å². The summed E-state index contributed by atoms with van der Waals surface area (Å²) in [6.45, 7) is 26.1. The van der Waals surface area contributed by atoms with Gasteiger partial charge >= 0.3 is 0 Å². The number of nitrogen functional groups attached to an aromatic ring is 1. The molecule has 0 fully saturated rings. The quantitative estimate of drug-likeness (QED) is 0.0797. The fraction of sp³-hybridized carbons (Fsp3) is 0.243. The van der Waals surface area contributed by atoms with Gasteiger partial charge in [0.15, 0.2) is 0 Å². The monoisotopic (exact) mass is 1550 g/mol. The van der Waals surface area contributed by atoms with Gasteiger partial charge in [-0.25, -0.2) is 0 Å². The van der Waals surface area contributed by atoms with Gasteiger partial charge in [0.25, 0.3) is 0 Å². The van der Waals surface area contributed by atoms with E-state index in [-0.39, 0.29) is 32.5 Å². The molecule has 4 N–H and O–H groups in total. The van der Waals surface area contributed by atoms with Crippen LogP contribution in [0.1, 0.15) is 182 Å². The van der Waals surface area contributed by atoms with Gasteiger partial charge in [-0.05, 0) is 315 Å². The molecule has 116 heavy (non-hydrogen) atoms. The Bertz CT molecular complexity index is 5560. The lowest BCUT2D eigenvalue weighted by Gasteiger charge is -2.31. The average Bonchev–Trinajstić information content (AvgIpc) is 1.53. The zero-order chi connectivity index (χ0) is 80.7. The second-order valence-electron chi connectivity index (χ2n) is 36.0. The Kier molecular flexibility index (Phi) is 22.0. The number of aryl methyl sites for hydroxylation is 3. The first-order valence-corrected chi connectivity index (χ1v) is 42.8. The molecule has 14 aromatic carbocycles. The maximum Gasteiger partial charge on any atom is 0.0412 e. The minimum Gasteiger partial charge on any atom is -0.399 e. The van der Waals surface area contributed by atoms with Gasteiger partial charge in [-0.3, -0.25) is 0 Å². The van der Waals surface area contributed by atoms with Crippen molar-refractivity contribution in [1.82, 2.24) is 0 Å². The van der Waals surface area contributed by atoms with Crippen LogP contribution in [0.15, 0.2) is 315 Å². The molecule has 4 aliphatic rings. The van der Waals surface area contributed by atoms with Crippen LogP contribution in [0.4, 0.5) is 28.4 Å². The Morgan fingerprint density at radius 1 is 0.241 bits per heavy atom. The summed E-state index contributed by atoms with van der Waals surface area (Å²) >= 11 is 12.7. The number of anilines is 5. The van der Waals surface area contributed by atoms with Gasteiger partial charge < -0.3 is 16.4 Å². The molecule has 0 bridgehead atoms. The molecule has 0 aliphatic heterocycles. The molecular weight excluding hydrogens is 1450 g/mol. The van der Waals surface area contributed by atoms with E-state index in [0.29, 0.717) is 0 Å². The zero-order valence-corrected chi connectivity index (χ0v) is 70.9. The molecule has 2 spiro atoms. The molecule has 0 unspecified atom stereocenters. The van der Waals surface area contributed by atoms with Crippen LogP contribution in [-0.2, 0) is 51.8 Å². The van der Waals surface area contributed by atoms with E-state index >= 15 is 0 Å². The lowest BCUT2D eigenvalue weighted by Crippen LogP contribution is -2.27. The summed E-state index contributed by atoms with van der Waals surface area (Å²) in [5.74, 6) is 0. The van der Waals surface area contributed by atoms with Gasteiger partial charge in [0, 0.05) is 49.3 Å². The Labute approximate surface area is 700 Å². The second-order valence-corrected chi connectivity index (χ2v) is 36.9. The molecule has 0 aromatic heterocycles. The van der Waals surface area contributed by atoms with Crippen molar-refractivity contribution in [2.75, 3.05) is 16.4 Å². The second kappa shape index (κ2) is 32.3. The third-order valence-corrected chi connectivity index (χ3v) is 25.9. The van der Waals surface area contributed by atoms with Crippen molar-refractivity contribution in [2.45, 2.75) is 173 Å². The summed E-state index contributed by atoms with van der Waals surface area (Å²) in [6.07, 6.45) is 11.4. The summed E-state index contributed by atoms with van der Waals surface area (Å²) < 4.78 is 0. The van der Waals surface area contributed by atoms with E-state index in [9.17, 15) is 0 Å². The third-order valence-electron chi connectivity index (χ3n) is 25.5. The summed E-state index contributed by atoms with van der Waals surface area (Å²) in [4.78, 5) is 0. The first kappa shape index (κ1) is 78.9. The highest BCUT2D eigenvalue weighted by Crippen LogP contribution is 2.65. The number of rotatable bonds is 17. The highest BCUT2D eigenvalue weighted by atomic mass is 35.5. The zero-order valence-electron chi connectivity index (χ0n) is 69.4. The topological polar surface area (TPSA) is 50.1 Å². The molecule has 14 aromatic rings. The summed E-state index contributed by atoms with van der Waals surface area (Å²) in [6, 6.07) is 116. The highest BCUT2D eigenvalue weighted by molar-refractivity contribution is 6.31. The van der Waals surface area contributed by atoms with Crippen LogP contribution in [-0.4, -0.2) is 0 Å². The predicted octanol–water partition coefficient (Wildman–Crippen LogP) is 31.3. The lowest BCUT2D eigenvalue weighted by molar-refractivity contribution is 0.349. The van der Waals surface area contributed by atoms with E-state index in [1.54, 1.807) is 0 Å². The predicted molar refractivity (Wildman–Crippen MR) is 498 cm³/mol. The van der Waals surface area contributed by atoms with Crippen LogP contribution in [0.3, 0.4) is 0 Å². The molecule has 0 saturated heterocycles. The molecular formula is C111H109Cl2N3. The first-order valence-electron chi connectivity index (χ1n) is 42.1. The van der Waals surface area contributed by atoms with Gasteiger partial charge in [0.05, 0.1) is 0 Å². The molecule has 0 atom stereocenters. The maximum absolute atomic E-state index is 6.36. The molecule has 0 radical (unpaired) electrons. The van der Waals surface area contributed by atoms with Crippen LogP contribution < -0.4 is 16.4 Å². The number of fused-ring (bicyclic) bond motifs is 8. The molecule has 582 valence electrons. The van der Waals surface area contributed by atoms with Crippen molar-refractivity contribution in [3.63, 3.8) is 0 Å². The van der Waals surface area contributed by atoms with Crippen LogP contribution >= 0.6 is 23.2 Å². The fourth-order valence-corrected chi connectivity index (χ4v) is 20.6. The molecule has 0 heterocycles. The third kappa shape index (κ3) is 16.1. The van der Waals surface area contributed by atoms with E-state index in [1.165, 1.54) is 158 Å². The summed E-state index contributed by atoms with van der Waals surface area (Å²) in [5, 5.41) is 8.96. The van der Waals surface area contributed by atoms with Crippen molar-refractivity contribution < 1.29 is 0 Å². The lowest BCUT2D eigenvalue weighted by atomic mass is 9.72. The minimum atomic E-state index is -0.0778. The Hall–Kier alpha value is -10.9. The number of hydrogen-bond donors (Lipinski definition) is 3. The fourth-order valence-electron chi connectivity index (χ4n) is 20.3. The van der Waals surface area contributed by atoms with Crippen molar-refractivity contribution in [3.8, 4) is 77.9 Å². The first-order chi connectivity index (χ1) is 55.9. The number of nitrogens with two attached hydrogens (primary N) is 1. The van der Waals surface area contributed by atoms with Crippen LogP contribution in [0, 0.1) is 0 Å². The molecule has 3 nitrogen and oxygen atoms in total. The van der Waals surface area contributed by atoms with Crippen molar-refractivity contribution in [3.05, 3.63) is 387 Å². The molecule has 0 amide bonds. The largest absolute Gasteiger partial charge is 0.399 e. The van der Waals surface area contributed by atoms with Crippen LogP contribution in [0.2, 0.25) is 10.0 Å². The Morgan fingerprint density at radius 3 is 0.741 bits per heavy atom. The Balaban J connectivity index is 0.000000163. The molecule has 0 saturated carbocycles. The molecule has 5 heteroatoms. The number of halogens is 2. The highest BCUT2D eigenvalue weighted by Gasteiger charge is 2.58. The number of nitrogens with one attached hydrogen (secondary N) is 2. The van der Waals surface area contributed by atoms with E-state index in [2.05, 4.69) is 366 Å². The maximum atomic E-state index is 6.36. The smallest absolute Gasteiger partial charge is 0.0412 e.